The van der Waals surface area contributed by atoms with E-state index >= 15 is 0 Å². The van der Waals surface area contributed by atoms with Crippen LogP contribution in [0.25, 0.3) is 11.4 Å². The maximum absolute atomic E-state index is 13.3. The molecule has 0 radical (unpaired) electrons. The zero-order valence-corrected chi connectivity index (χ0v) is 23.2. The number of nitrogens with one attached hydrogen (secondary N) is 1. The van der Waals surface area contributed by atoms with E-state index in [1.165, 1.54) is 17.5 Å². The number of carbonyl (C=O) groups excluding carboxylic acids is 1. The number of aromatic nitrogens is 2. The number of ether oxygens (including phenoxy) is 1. The van der Waals surface area contributed by atoms with Crippen molar-refractivity contribution in [2.24, 2.45) is 5.92 Å². The molecule has 0 atom stereocenters. The summed E-state index contributed by atoms with van der Waals surface area (Å²) < 4.78 is 38.9. The van der Waals surface area contributed by atoms with Gasteiger partial charge in [0.25, 0.3) is 0 Å². The molecule has 5 rings (SSSR count). The van der Waals surface area contributed by atoms with E-state index in [0.717, 1.165) is 43.5 Å². The van der Waals surface area contributed by atoms with Gasteiger partial charge in [0.15, 0.2) is 0 Å². The lowest BCUT2D eigenvalue weighted by Crippen LogP contribution is -2.38. The van der Waals surface area contributed by atoms with Gasteiger partial charge in [-0.25, -0.2) is 8.42 Å². The molecule has 11 heteroatoms. The highest BCUT2D eigenvalue weighted by molar-refractivity contribution is 7.89. The van der Waals surface area contributed by atoms with Crippen LogP contribution >= 0.6 is 0 Å². The third kappa shape index (κ3) is 6.15. The molecule has 0 unspecified atom stereocenters. The normalized spacial score (nSPS) is 17.7. The monoisotopic (exact) mass is 553 g/mol. The second kappa shape index (κ2) is 11.8. The minimum atomic E-state index is -3.71. The Bertz CT molecular complexity index is 1410. The predicted octanol–water partition coefficient (Wildman–Crippen LogP) is 4.08. The van der Waals surface area contributed by atoms with E-state index in [-0.39, 0.29) is 22.5 Å². The quantitative estimate of drug-likeness (QED) is 0.443. The van der Waals surface area contributed by atoms with Crippen LogP contribution in [0.4, 0.5) is 5.69 Å². The van der Waals surface area contributed by atoms with Crippen LogP contribution in [0, 0.1) is 12.8 Å². The van der Waals surface area contributed by atoms with Crippen LogP contribution in [-0.2, 0) is 21.4 Å². The third-order valence-corrected chi connectivity index (χ3v) is 9.46. The molecule has 0 bridgehead atoms. The molecule has 39 heavy (non-hydrogen) atoms. The van der Waals surface area contributed by atoms with Gasteiger partial charge in [0.05, 0.1) is 13.7 Å². The predicted molar refractivity (Wildman–Crippen MR) is 147 cm³/mol. The van der Waals surface area contributed by atoms with Crippen LogP contribution in [0.3, 0.4) is 0 Å². The van der Waals surface area contributed by atoms with E-state index in [0.29, 0.717) is 49.9 Å². The van der Waals surface area contributed by atoms with Gasteiger partial charge in [0.2, 0.25) is 27.6 Å². The molecule has 2 aromatic carbocycles. The summed E-state index contributed by atoms with van der Waals surface area (Å²) in [7, 11) is -2.26. The van der Waals surface area contributed by atoms with Crippen molar-refractivity contribution in [3.8, 4) is 17.1 Å². The van der Waals surface area contributed by atoms with Gasteiger partial charge >= 0.3 is 0 Å². The van der Waals surface area contributed by atoms with Crippen LogP contribution in [0.5, 0.6) is 5.75 Å². The van der Waals surface area contributed by atoms with E-state index in [1.807, 2.05) is 31.2 Å². The standard InChI is InChI=1S/C28H35N5O5S/c1-20-8-4-5-9-23(20)27-30-26(38-31-27)19-32-16-12-21(13-17-32)28(34)29-22-10-11-24(37-2)25(18-22)39(35,36)33-14-6-3-7-15-33/h4-5,8-11,18,21H,3,6-7,12-17,19H2,1-2H3,(H,29,34). The molecule has 1 aromatic heterocycles. The van der Waals surface area contributed by atoms with E-state index in [2.05, 4.69) is 20.4 Å². The van der Waals surface area contributed by atoms with Gasteiger partial charge < -0.3 is 14.6 Å². The largest absolute Gasteiger partial charge is 0.495 e. The first kappa shape index (κ1) is 27.3. The summed E-state index contributed by atoms with van der Waals surface area (Å²) >= 11 is 0. The van der Waals surface area contributed by atoms with E-state index in [1.54, 1.807) is 12.1 Å². The number of aryl methyl sites for hydroxylation is 1. The average molecular weight is 554 g/mol. The number of benzene rings is 2. The highest BCUT2D eigenvalue weighted by atomic mass is 32.2. The number of piperidine rings is 2. The van der Waals surface area contributed by atoms with Crippen LogP contribution in [-0.4, -0.2) is 67.0 Å². The number of hydrogen-bond donors (Lipinski definition) is 1. The van der Waals surface area contributed by atoms with Crippen molar-refractivity contribution in [1.29, 1.82) is 0 Å². The number of sulfonamides is 1. The Hall–Kier alpha value is -3.28. The van der Waals surface area contributed by atoms with Gasteiger partial charge in [-0.05, 0) is 69.5 Å². The van der Waals surface area contributed by atoms with Gasteiger partial charge in [-0.3, -0.25) is 9.69 Å². The maximum Gasteiger partial charge on any atom is 0.246 e. The molecule has 208 valence electrons. The van der Waals surface area contributed by atoms with Crippen molar-refractivity contribution in [2.75, 3.05) is 38.6 Å². The minimum absolute atomic E-state index is 0.0872. The second-order valence-electron chi connectivity index (χ2n) is 10.2. The van der Waals surface area contributed by atoms with Crippen LogP contribution in [0.1, 0.15) is 43.6 Å². The zero-order chi connectivity index (χ0) is 27.4. The number of rotatable bonds is 8. The van der Waals surface area contributed by atoms with E-state index in [9.17, 15) is 13.2 Å². The van der Waals surface area contributed by atoms with Crippen molar-refractivity contribution in [1.82, 2.24) is 19.3 Å². The molecule has 2 fully saturated rings. The van der Waals surface area contributed by atoms with Gasteiger partial charge in [-0.2, -0.15) is 9.29 Å². The Morgan fingerprint density at radius 3 is 2.54 bits per heavy atom. The molecule has 0 spiro atoms. The molecule has 2 aliphatic rings. The summed E-state index contributed by atoms with van der Waals surface area (Å²) in [6, 6.07) is 12.7. The molecule has 0 aliphatic carbocycles. The Labute approximate surface area is 229 Å². The number of carbonyl (C=O) groups is 1. The Kier molecular flexibility index (Phi) is 8.29. The number of likely N-dealkylation sites (tertiary alicyclic amines) is 1. The maximum atomic E-state index is 13.3. The lowest BCUT2D eigenvalue weighted by atomic mass is 9.96. The van der Waals surface area contributed by atoms with Crippen molar-refractivity contribution < 1.29 is 22.5 Å². The molecule has 1 amide bonds. The molecular formula is C28H35N5O5S. The number of methoxy groups -OCH3 is 1. The number of amides is 1. The first-order valence-corrected chi connectivity index (χ1v) is 14.9. The van der Waals surface area contributed by atoms with Crippen molar-refractivity contribution >= 4 is 21.6 Å². The average Bonchev–Trinajstić information content (AvgIpc) is 3.42. The topological polar surface area (TPSA) is 118 Å². The van der Waals surface area contributed by atoms with Gasteiger partial charge in [-0.1, -0.05) is 35.8 Å². The molecule has 2 aliphatic heterocycles. The molecule has 10 nitrogen and oxygen atoms in total. The van der Waals surface area contributed by atoms with E-state index in [4.69, 9.17) is 9.26 Å². The second-order valence-corrected chi connectivity index (χ2v) is 12.1. The van der Waals surface area contributed by atoms with Crippen molar-refractivity contribution in [2.45, 2.75) is 50.5 Å². The number of nitrogens with zero attached hydrogens (tertiary/aromatic N) is 4. The first-order chi connectivity index (χ1) is 18.8. The van der Waals surface area contributed by atoms with Crippen molar-refractivity contribution in [3.63, 3.8) is 0 Å². The molecule has 1 N–H and O–H groups in total. The molecule has 3 aromatic rings. The lowest BCUT2D eigenvalue weighted by molar-refractivity contribution is -0.121. The van der Waals surface area contributed by atoms with Crippen LogP contribution in [0.2, 0.25) is 0 Å². The van der Waals surface area contributed by atoms with Crippen LogP contribution < -0.4 is 10.1 Å². The first-order valence-electron chi connectivity index (χ1n) is 13.4. The van der Waals surface area contributed by atoms with Gasteiger partial charge in [0, 0.05) is 30.3 Å². The number of anilines is 1. The Balaban J connectivity index is 1.18. The zero-order valence-electron chi connectivity index (χ0n) is 22.4. The summed E-state index contributed by atoms with van der Waals surface area (Å²) in [4.78, 5) is 19.9. The SMILES string of the molecule is COc1ccc(NC(=O)C2CCN(Cc3nc(-c4ccccc4C)no3)CC2)cc1S(=O)(=O)N1CCCCC1. The lowest BCUT2D eigenvalue weighted by Gasteiger charge is -2.30. The van der Waals surface area contributed by atoms with Gasteiger partial charge in [0.1, 0.15) is 10.6 Å². The summed E-state index contributed by atoms with van der Waals surface area (Å²) in [6.45, 7) is 4.98. The summed E-state index contributed by atoms with van der Waals surface area (Å²) in [5, 5.41) is 7.07. The molecule has 0 saturated carbocycles. The third-order valence-electron chi connectivity index (χ3n) is 7.54. The summed E-state index contributed by atoms with van der Waals surface area (Å²) in [6.07, 6.45) is 4.08. The highest BCUT2D eigenvalue weighted by Gasteiger charge is 2.30. The smallest absolute Gasteiger partial charge is 0.246 e. The number of hydrogen-bond acceptors (Lipinski definition) is 8. The summed E-state index contributed by atoms with van der Waals surface area (Å²) in [5.41, 5.74) is 2.49. The Morgan fingerprint density at radius 2 is 1.82 bits per heavy atom. The fourth-order valence-corrected chi connectivity index (χ4v) is 6.94. The fraction of sp³-hybridized carbons (Fsp3) is 0.464. The molecule has 2 saturated heterocycles. The molecular weight excluding hydrogens is 518 g/mol. The highest BCUT2D eigenvalue weighted by Crippen LogP contribution is 2.32. The minimum Gasteiger partial charge on any atom is -0.495 e. The Morgan fingerprint density at radius 1 is 1.08 bits per heavy atom. The fourth-order valence-electron chi connectivity index (χ4n) is 5.24. The van der Waals surface area contributed by atoms with Crippen molar-refractivity contribution in [3.05, 3.63) is 53.9 Å². The summed E-state index contributed by atoms with van der Waals surface area (Å²) in [5.74, 6) is 1.13. The van der Waals surface area contributed by atoms with E-state index < -0.39 is 10.0 Å². The van der Waals surface area contributed by atoms with Gasteiger partial charge in [-0.15, -0.1) is 0 Å². The van der Waals surface area contributed by atoms with Crippen LogP contribution in [0.15, 0.2) is 51.9 Å². The molecule has 3 heterocycles.